The minimum absolute atomic E-state index is 0.263. The Morgan fingerprint density at radius 2 is 2.24 bits per heavy atom. The zero-order valence-corrected chi connectivity index (χ0v) is 10.5. The van der Waals surface area contributed by atoms with Crippen molar-refractivity contribution in [2.45, 2.75) is 13.8 Å². The molecule has 0 saturated heterocycles. The maximum Gasteiger partial charge on any atom is 0.346 e. The number of nitrogens with zero attached hydrogens (tertiary/aromatic N) is 2. The average Bonchev–Trinajstić information content (AvgIpc) is 2.80. The SMILES string of the molecule is Cc1nn(C)c(C)c1Oc1csc(C(=O)O)c1. The normalized spacial score (nSPS) is 10.5. The third kappa shape index (κ3) is 2.16. The number of aromatic carboxylic acids is 1. The van der Waals surface area contributed by atoms with E-state index in [1.54, 1.807) is 10.1 Å². The van der Waals surface area contributed by atoms with Gasteiger partial charge in [0.2, 0.25) is 0 Å². The minimum atomic E-state index is -0.940. The summed E-state index contributed by atoms with van der Waals surface area (Å²) < 4.78 is 7.39. The van der Waals surface area contributed by atoms with Gasteiger partial charge in [0.15, 0.2) is 5.75 Å². The van der Waals surface area contributed by atoms with Gasteiger partial charge in [-0.25, -0.2) is 4.79 Å². The minimum Gasteiger partial charge on any atom is -0.477 e. The molecule has 6 heteroatoms. The van der Waals surface area contributed by atoms with Gasteiger partial charge >= 0.3 is 5.97 Å². The van der Waals surface area contributed by atoms with Crippen molar-refractivity contribution in [1.82, 2.24) is 9.78 Å². The van der Waals surface area contributed by atoms with Gasteiger partial charge in [-0.15, -0.1) is 11.3 Å². The molecule has 2 heterocycles. The Bertz CT molecular complexity index is 571. The molecule has 0 aromatic carbocycles. The maximum atomic E-state index is 10.7. The summed E-state index contributed by atoms with van der Waals surface area (Å²) >= 11 is 1.14. The lowest BCUT2D eigenvalue weighted by molar-refractivity contribution is 0.0702. The van der Waals surface area contributed by atoms with E-state index in [1.165, 1.54) is 6.07 Å². The third-order valence-corrected chi connectivity index (χ3v) is 3.35. The molecule has 0 spiro atoms. The van der Waals surface area contributed by atoms with Crippen LogP contribution in [0.25, 0.3) is 0 Å². The molecule has 5 nitrogen and oxygen atoms in total. The van der Waals surface area contributed by atoms with Gasteiger partial charge < -0.3 is 9.84 Å². The molecule has 17 heavy (non-hydrogen) atoms. The molecule has 0 fully saturated rings. The van der Waals surface area contributed by atoms with E-state index in [0.29, 0.717) is 11.5 Å². The van der Waals surface area contributed by atoms with Crippen molar-refractivity contribution >= 4 is 17.3 Å². The Hall–Kier alpha value is -1.82. The molecule has 0 aliphatic heterocycles. The third-order valence-electron chi connectivity index (χ3n) is 2.45. The molecule has 0 unspecified atom stereocenters. The lowest BCUT2D eigenvalue weighted by Crippen LogP contribution is -1.93. The van der Waals surface area contributed by atoms with Gasteiger partial charge in [0.1, 0.15) is 16.3 Å². The summed E-state index contributed by atoms with van der Waals surface area (Å²) in [4.78, 5) is 11.0. The predicted molar refractivity (Wildman–Crippen MR) is 64.0 cm³/mol. The summed E-state index contributed by atoms with van der Waals surface area (Å²) in [6.45, 7) is 3.76. The van der Waals surface area contributed by atoms with Gasteiger partial charge in [-0.3, -0.25) is 4.68 Å². The van der Waals surface area contributed by atoms with E-state index in [9.17, 15) is 4.79 Å². The van der Waals surface area contributed by atoms with Crippen LogP contribution in [0.1, 0.15) is 21.1 Å². The number of carboxylic acid groups (broad SMARTS) is 1. The Balaban J connectivity index is 2.28. The first kappa shape index (κ1) is 11.7. The van der Waals surface area contributed by atoms with Crippen molar-refractivity contribution in [3.63, 3.8) is 0 Å². The summed E-state index contributed by atoms with van der Waals surface area (Å²) in [5.41, 5.74) is 1.69. The number of carbonyl (C=O) groups is 1. The van der Waals surface area contributed by atoms with Crippen LogP contribution in [0.15, 0.2) is 11.4 Å². The first-order valence-electron chi connectivity index (χ1n) is 4.99. The molecular formula is C11H12N2O3S. The fraction of sp³-hybridized carbons (Fsp3) is 0.273. The number of hydrogen-bond donors (Lipinski definition) is 1. The molecule has 1 N–H and O–H groups in total. The zero-order valence-electron chi connectivity index (χ0n) is 9.72. The Labute approximate surface area is 102 Å². The van der Waals surface area contributed by atoms with E-state index in [4.69, 9.17) is 9.84 Å². The maximum absolute atomic E-state index is 10.7. The van der Waals surface area contributed by atoms with Crippen LogP contribution in [0.5, 0.6) is 11.5 Å². The molecule has 0 saturated carbocycles. The van der Waals surface area contributed by atoms with E-state index in [0.717, 1.165) is 22.7 Å². The highest BCUT2D eigenvalue weighted by Gasteiger charge is 2.14. The molecule has 2 aromatic heterocycles. The van der Waals surface area contributed by atoms with Crippen molar-refractivity contribution in [3.05, 3.63) is 27.7 Å². The molecule has 0 radical (unpaired) electrons. The zero-order chi connectivity index (χ0) is 12.6. The van der Waals surface area contributed by atoms with Crippen molar-refractivity contribution in [2.24, 2.45) is 7.05 Å². The van der Waals surface area contributed by atoms with Crippen LogP contribution in [0.3, 0.4) is 0 Å². The van der Waals surface area contributed by atoms with E-state index in [-0.39, 0.29) is 4.88 Å². The number of rotatable bonds is 3. The number of aryl methyl sites for hydroxylation is 2. The number of carboxylic acids is 1. The van der Waals surface area contributed by atoms with Gasteiger partial charge in [-0.1, -0.05) is 0 Å². The molecule has 2 rings (SSSR count). The highest BCUT2D eigenvalue weighted by atomic mass is 32.1. The predicted octanol–water partition coefficient (Wildman–Crippen LogP) is 2.59. The fourth-order valence-electron chi connectivity index (χ4n) is 1.50. The van der Waals surface area contributed by atoms with Crippen LogP contribution in [0.4, 0.5) is 0 Å². The van der Waals surface area contributed by atoms with E-state index in [2.05, 4.69) is 5.10 Å². The van der Waals surface area contributed by atoms with Gasteiger partial charge in [0.25, 0.3) is 0 Å². The molecule has 0 amide bonds. The Morgan fingerprint density at radius 3 is 2.71 bits per heavy atom. The first-order valence-corrected chi connectivity index (χ1v) is 5.87. The lowest BCUT2D eigenvalue weighted by Gasteiger charge is -2.02. The Kier molecular flexibility index (Phi) is 2.89. The van der Waals surface area contributed by atoms with Crippen LogP contribution in [0, 0.1) is 13.8 Å². The fourth-order valence-corrected chi connectivity index (χ4v) is 2.15. The van der Waals surface area contributed by atoms with Gasteiger partial charge in [0, 0.05) is 18.5 Å². The molecular weight excluding hydrogens is 240 g/mol. The summed E-state index contributed by atoms with van der Waals surface area (Å²) in [7, 11) is 1.84. The number of ether oxygens (including phenoxy) is 1. The van der Waals surface area contributed by atoms with Crippen LogP contribution in [-0.2, 0) is 7.05 Å². The van der Waals surface area contributed by atoms with E-state index in [1.807, 2.05) is 20.9 Å². The molecule has 90 valence electrons. The summed E-state index contributed by atoms with van der Waals surface area (Å²) in [6, 6.07) is 1.51. The standard InChI is InChI=1S/C11H12N2O3S/c1-6-10(7(2)13(3)12-6)16-8-4-9(11(14)15)17-5-8/h4-5H,1-3H3,(H,14,15). The topological polar surface area (TPSA) is 64.4 Å². The van der Waals surface area contributed by atoms with Crippen LogP contribution < -0.4 is 4.74 Å². The quantitative estimate of drug-likeness (QED) is 0.911. The molecule has 0 aliphatic carbocycles. The summed E-state index contributed by atoms with van der Waals surface area (Å²) in [5, 5.41) is 14.7. The lowest BCUT2D eigenvalue weighted by atomic mass is 10.3. The van der Waals surface area contributed by atoms with Gasteiger partial charge in [0.05, 0.1) is 5.69 Å². The van der Waals surface area contributed by atoms with E-state index >= 15 is 0 Å². The number of hydrogen-bond acceptors (Lipinski definition) is 4. The van der Waals surface area contributed by atoms with Crippen LogP contribution in [0.2, 0.25) is 0 Å². The second-order valence-electron chi connectivity index (χ2n) is 3.68. The molecule has 0 atom stereocenters. The van der Waals surface area contributed by atoms with Crippen molar-refractivity contribution in [3.8, 4) is 11.5 Å². The number of thiophene rings is 1. The van der Waals surface area contributed by atoms with Crippen LogP contribution >= 0.6 is 11.3 Å². The molecule has 2 aromatic rings. The second-order valence-corrected chi connectivity index (χ2v) is 4.59. The summed E-state index contributed by atoms with van der Waals surface area (Å²) in [5.74, 6) is 0.276. The smallest absolute Gasteiger partial charge is 0.346 e. The monoisotopic (exact) mass is 252 g/mol. The molecule has 0 aliphatic rings. The summed E-state index contributed by atoms with van der Waals surface area (Å²) in [6.07, 6.45) is 0. The molecule has 0 bridgehead atoms. The highest BCUT2D eigenvalue weighted by Crippen LogP contribution is 2.30. The Morgan fingerprint density at radius 1 is 1.53 bits per heavy atom. The van der Waals surface area contributed by atoms with Crippen molar-refractivity contribution < 1.29 is 14.6 Å². The van der Waals surface area contributed by atoms with Gasteiger partial charge in [-0.05, 0) is 13.8 Å². The van der Waals surface area contributed by atoms with Crippen LogP contribution in [-0.4, -0.2) is 20.9 Å². The average molecular weight is 252 g/mol. The second kappa shape index (κ2) is 4.21. The van der Waals surface area contributed by atoms with Crippen molar-refractivity contribution in [2.75, 3.05) is 0 Å². The largest absolute Gasteiger partial charge is 0.477 e. The first-order chi connectivity index (χ1) is 7.99. The van der Waals surface area contributed by atoms with Crippen molar-refractivity contribution in [1.29, 1.82) is 0 Å². The number of aromatic nitrogens is 2. The van der Waals surface area contributed by atoms with E-state index < -0.39 is 5.97 Å². The highest BCUT2D eigenvalue weighted by molar-refractivity contribution is 7.12. The van der Waals surface area contributed by atoms with Gasteiger partial charge in [-0.2, -0.15) is 5.10 Å².